The normalized spacial score (nSPS) is 19.9. The van der Waals surface area contributed by atoms with Crippen molar-refractivity contribution in [2.75, 3.05) is 0 Å². The molecule has 0 spiro atoms. The first-order chi connectivity index (χ1) is 8.40. The van der Waals surface area contributed by atoms with E-state index >= 15 is 0 Å². The van der Waals surface area contributed by atoms with Crippen LogP contribution in [0.5, 0.6) is 0 Å². The predicted molar refractivity (Wildman–Crippen MR) is 73.1 cm³/mol. The molecule has 2 nitrogen and oxygen atoms in total. The highest BCUT2D eigenvalue weighted by Crippen LogP contribution is 2.36. The Morgan fingerprint density at radius 1 is 1.06 bits per heavy atom. The molecule has 1 aliphatic rings. The van der Waals surface area contributed by atoms with E-state index in [9.17, 15) is 9.90 Å². The van der Waals surface area contributed by atoms with Gasteiger partial charge in [0.25, 0.3) is 0 Å². The van der Waals surface area contributed by atoms with Crippen molar-refractivity contribution < 1.29 is 9.90 Å². The van der Waals surface area contributed by atoms with E-state index in [4.69, 9.17) is 0 Å². The zero-order chi connectivity index (χ0) is 13.4. The average molecular weight is 244 g/mol. The molecule has 0 aromatic heterocycles. The molecule has 1 unspecified atom stereocenters. The predicted octanol–water partition coefficient (Wildman–Crippen LogP) is 3.81. The maximum atomic E-state index is 11.6. The molecule has 2 heteroatoms. The first-order valence-corrected chi connectivity index (χ1v) is 6.39. The number of aliphatic hydroxyl groups excluding tert-OH is 1. The lowest BCUT2D eigenvalue weighted by Gasteiger charge is -2.25. The van der Waals surface area contributed by atoms with Crippen LogP contribution in [0.3, 0.4) is 0 Å². The second-order valence-corrected chi connectivity index (χ2v) is 5.38. The molecule has 0 aliphatic heterocycles. The summed E-state index contributed by atoms with van der Waals surface area (Å²) in [5.74, 6) is 0.371. The molecule has 1 N–H and O–H groups in total. The second-order valence-electron chi connectivity index (χ2n) is 5.38. The Hall–Kier alpha value is -1.57. The van der Waals surface area contributed by atoms with Crippen molar-refractivity contribution in [1.82, 2.24) is 0 Å². The lowest BCUT2D eigenvalue weighted by Crippen LogP contribution is -2.15. The lowest BCUT2D eigenvalue weighted by molar-refractivity contribution is -0.115. The highest BCUT2D eigenvalue weighted by atomic mass is 16.3. The largest absolute Gasteiger partial charge is 0.512 e. The number of hydrogen-bond acceptors (Lipinski definition) is 2. The fourth-order valence-corrected chi connectivity index (χ4v) is 3.01. The van der Waals surface area contributed by atoms with Gasteiger partial charge in [-0.05, 0) is 61.4 Å². The minimum atomic E-state index is 0.0285. The summed E-state index contributed by atoms with van der Waals surface area (Å²) in [5.41, 5.74) is 6.31. The molecule has 0 saturated heterocycles. The monoisotopic (exact) mass is 244 g/mol. The number of benzene rings is 1. The Morgan fingerprint density at radius 3 is 2.33 bits per heavy atom. The molecule has 0 amide bonds. The molecule has 0 radical (unpaired) electrons. The van der Waals surface area contributed by atoms with Crippen LogP contribution in [-0.4, -0.2) is 10.9 Å². The van der Waals surface area contributed by atoms with Gasteiger partial charge < -0.3 is 5.11 Å². The Labute approximate surface area is 108 Å². The summed E-state index contributed by atoms with van der Waals surface area (Å²) < 4.78 is 0. The van der Waals surface area contributed by atoms with Crippen LogP contribution < -0.4 is 0 Å². The van der Waals surface area contributed by atoms with Crippen LogP contribution in [-0.2, 0) is 4.79 Å². The van der Waals surface area contributed by atoms with E-state index in [-0.39, 0.29) is 17.5 Å². The number of carbonyl (C=O) groups excluding carboxylic acids is 1. The third-order valence-electron chi connectivity index (χ3n) is 4.05. The van der Waals surface area contributed by atoms with Crippen molar-refractivity contribution in [1.29, 1.82) is 0 Å². The van der Waals surface area contributed by atoms with Gasteiger partial charge in [-0.15, -0.1) is 0 Å². The third kappa shape index (κ3) is 2.20. The minimum absolute atomic E-state index is 0.0285. The van der Waals surface area contributed by atoms with Crippen LogP contribution >= 0.6 is 0 Å². The summed E-state index contributed by atoms with van der Waals surface area (Å²) in [4.78, 5) is 11.6. The standard InChI is InChI=1S/C16H20O2/c1-9-5-10(2)16(12(4)11(9)3)13-6-14(17)8-15(18)7-13/h5,8,13,17H,6-7H2,1-4H3. The number of aliphatic hydroxyl groups is 1. The highest BCUT2D eigenvalue weighted by Gasteiger charge is 2.25. The van der Waals surface area contributed by atoms with Crippen molar-refractivity contribution in [3.63, 3.8) is 0 Å². The van der Waals surface area contributed by atoms with Crippen LogP contribution in [0.2, 0.25) is 0 Å². The first-order valence-electron chi connectivity index (χ1n) is 6.39. The van der Waals surface area contributed by atoms with Gasteiger partial charge in [0.2, 0.25) is 0 Å². The maximum absolute atomic E-state index is 11.6. The molecule has 1 aromatic rings. The first kappa shape index (κ1) is 12.9. The second kappa shape index (κ2) is 4.60. The summed E-state index contributed by atoms with van der Waals surface area (Å²) in [5, 5.41) is 9.66. The van der Waals surface area contributed by atoms with Crippen molar-refractivity contribution in [3.8, 4) is 0 Å². The van der Waals surface area contributed by atoms with Crippen LogP contribution in [0.25, 0.3) is 0 Å². The minimum Gasteiger partial charge on any atom is -0.512 e. The number of carbonyl (C=O) groups is 1. The highest BCUT2D eigenvalue weighted by molar-refractivity contribution is 5.91. The summed E-state index contributed by atoms with van der Waals surface area (Å²) in [6.45, 7) is 8.44. The molecule has 0 fully saturated rings. The average Bonchev–Trinajstić information content (AvgIpc) is 2.24. The maximum Gasteiger partial charge on any atom is 0.159 e. The van der Waals surface area contributed by atoms with Gasteiger partial charge in [-0.2, -0.15) is 0 Å². The molecule has 1 aromatic carbocycles. The Bertz CT molecular complexity index is 539. The molecule has 96 valence electrons. The van der Waals surface area contributed by atoms with Gasteiger partial charge in [0.05, 0.1) is 5.76 Å². The van der Waals surface area contributed by atoms with Crippen LogP contribution in [0.15, 0.2) is 17.9 Å². The molecule has 1 atom stereocenters. The molecule has 1 aliphatic carbocycles. The van der Waals surface area contributed by atoms with Gasteiger partial charge in [0.1, 0.15) is 0 Å². The zero-order valence-corrected chi connectivity index (χ0v) is 11.5. The quantitative estimate of drug-likeness (QED) is 0.815. The van der Waals surface area contributed by atoms with E-state index in [1.807, 2.05) is 0 Å². The van der Waals surface area contributed by atoms with Crippen LogP contribution in [0.4, 0.5) is 0 Å². The van der Waals surface area contributed by atoms with Gasteiger partial charge in [-0.1, -0.05) is 6.07 Å². The van der Waals surface area contributed by atoms with Crippen molar-refractivity contribution >= 4 is 5.78 Å². The van der Waals surface area contributed by atoms with E-state index in [0.717, 1.165) is 0 Å². The van der Waals surface area contributed by atoms with Crippen molar-refractivity contribution in [2.24, 2.45) is 0 Å². The SMILES string of the molecule is Cc1cc(C)c(C2CC(=O)C=C(O)C2)c(C)c1C. The fraction of sp³-hybridized carbons (Fsp3) is 0.438. The number of ketones is 1. The Morgan fingerprint density at radius 2 is 1.72 bits per heavy atom. The van der Waals surface area contributed by atoms with E-state index < -0.39 is 0 Å². The van der Waals surface area contributed by atoms with E-state index in [0.29, 0.717) is 12.8 Å². The van der Waals surface area contributed by atoms with Gasteiger partial charge in [0, 0.05) is 18.9 Å². The lowest BCUT2D eigenvalue weighted by atomic mass is 9.80. The summed E-state index contributed by atoms with van der Waals surface area (Å²) in [6.07, 6.45) is 2.45. The topological polar surface area (TPSA) is 37.3 Å². The van der Waals surface area contributed by atoms with Gasteiger partial charge >= 0.3 is 0 Å². The van der Waals surface area contributed by atoms with E-state index in [2.05, 4.69) is 33.8 Å². The van der Waals surface area contributed by atoms with Gasteiger partial charge in [-0.3, -0.25) is 4.79 Å². The van der Waals surface area contributed by atoms with Gasteiger partial charge in [0.15, 0.2) is 5.78 Å². The van der Waals surface area contributed by atoms with Crippen molar-refractivity contribution in [3.05, 3.63) is 45.7 Å². The molecular weight excluding hydrogens is 224 g/mol. The van der Waals surface area contributed by atoms with E-state index in [1.165, 1.54) is 33.9 Å². The molecule has 2 rings (SSSR count). The summed E-state index contributed by atoms with van der Waals surface area (Å²) in [7, 11) is 0. The van der Waals surface area contributed by atoms with Crippen LogP contribution in [0.1, 0.15) is 46.6 Å². The fourth-order valence-electron chi connectivity index (χ4n) is 3.01. The number of aryl methyl sites for hydroxylation is 2. The Kier molecular flexibility index (Phi) is 3.29. The number of hydrogen-bond donors (Lipinski definition) is 1. The summed E-state index contributed by atoms with van der Waals surface area (Å²) >= 11 is 0. The van der Waals surface area contributed by atoms with E-state index in [1.54, 1.807) is 0 Å². The third-order valence-corrected chi connectivity index (χ3v) is 4.05. The molecule has 0 bridgehead atoms. The van der Waals surface area contributed by atoms with Crippen molar-refractivity contribution in [2.45, 2.75) is 46.5 Å². The molecular formula is C16H20O2. The Balaban J connectivity index is 2.49. The molecule has 18 heavy (non-hydrogen) atoms. The summed E-state index contributed by atoms with van der Waals surface area (Å²) in [6, 6.07) is 2.18. The number of rotatable bonds is 1. The number of allylic oxidation sites excluding steroid dienone is 2. The molecule has 0 saturated carbocycles. The molecule has 0 heterocycles. The van der Waals surface area contributed by atoms with Crippen LogP contribution in [0, 0.1) is 27.7 Å². The zero-order valence-electron chi connectivity index (χ0n) is 11.5. The smallest absolute Gasteiger partial charge is 0.159 e. The van der Waals surface area contributed by atoms with Gasteiger partial charge in [-0.25, -0.2) is 0 Å².